The van der Waals surface area contributed by atoms with Gasteiger partial charge in [-0.05, 0) is 137 Å². The molecule has 0 saturated heterocycles. The number of allylic oxidation sites excluding steroid dienone is 12. The van der Waals surface area contributed by atoms with Crippen LogP contribution in [-0.4, -0.2) is 0 Å². The summed E-state index contributed by atoms with van der Waals surface area (Å²) in [6.45, 7) is 4.43. The highest BCUT2D eigenvalue weighted by atomic mass is 15.1. The molecule has 5 aromatic carbocycles. The molecule has 0 N–H and O–H groups in total. The SMILES string of the molecule is C=C(/C=C\N1C2=CCC=C2c2ccccc2C(c2cccc(C3=CC=CC3)c2)(c2cccc(C3=CCCCC3)c2)c2ccc1cc2)CC=Cc1ccccc1. The van der Waals surface area contributed by atoms with E-state index in [4.69, 9.17) is 0 Å². The van der Waals surface area contributed by atoms with Crippen molar-refractivity contribution in [3.63, 3.8) is 0 Å². The summed E-state index contributed by atoms with van der Waals surface area (Å²) in [5.74, 6) is 0. The van der Waals surface area contributed by atoms with Crippen molar-refractivity contribution >= 4 is 28.5 Å². The summed E-state index contributed by atoms with van der Waals surface area (Å²) in [6.07, 6.45) is 30.2. The zero-order valence-electron chi connectivity index (χ0n) is 31.5. The van der Waals surface area contributed by atoms with Gasteiger partial charge in [-0.25, -0.2) is 0 Å². The van der Waals surface area contributed by atoms with Crippen LogP contribution < -0.4 is 4.90 Å². The Labute approximate surface area is 327 Å². The first-order chi connectivity index (χ1) is 27.2. The molecule has 5 aromatic rings. The third-order valence-electron chi connectivity index (χ3n) is 11.7. The lowest BCUT2D eigenvalue weighted by Gasteiger charge is -2.40. The lowest BCUT2D eigenvalue weighted by molar-refractivity contribution is 0.734. The number of nitrogens with zero attached hydrogens (tertiary/aromatic N) is 1. The van der Waals surface area contributed by atoms with Crippen molar-refractivity contribution < 1.29 is 0 Å². The van der Waals surface area contributed by atoms with Crippen LogP contribution in [0.2, 0.25) is 0 Å². The fraction of sp³-hybridized carbons (Fsp3) is 0.148. The number of anilines is 1. The van der Waals surface area contributed by atoms with Crippen LogP contribution >= 0.6 is 0 Å². The predicted octanol–water partition coefficient (Wildman–Crippen LogP) is 14.0. The van der Waals surface area contributed by atoms with Gasteiger partial charge in [-0.1, -0.05) is 158 Å². The standard InChI is InChI=1S/C54H47N/c1-40(16-12-19-41-17-4-2-5-18-41)36-37-55-49-34-32-46(33-35-49)54(48-27-14-25-45(39-48)43-22-8-9-23-43,47-26-13-24-44(38-47)42-20-6-3-7-21-42)52-30-11-10-28-50(52)51-29-15-31-53(51)55/h2,4-5,8-14,17-20,22,24-39H,1,3,6-7,15-16,21,23H2/b19-12?,37-36-. The van der Waals surface area contributed by atoms with Crippen LogP contribution in [0.4, 0.5) is 5.69 Å². The molecule has 3 aliphatic carbocycles. The Morgan fingerprint density at radius 1 is 0.709 bits per heavy atom. The van der Waals surface area contributed by atoms with E-state index in [1.54, 1.807) is 0 Å². The lowest BCUT2D eigenvalue weighted by Crippen LogP contribution is -2.33. The van der Waals surface area contributed by atoms with Crippen LogP contribution in [0.5, 0.6) is 0 Å². The minimum Gasteiger partial charge on any atom is -0.317 e. The van der Waals surface area contributed by atoms with Crippen molar-refractivity contribution in [2.24, 2.45) is 0 Å². The van der Waals surface area contributed by atoms with Crippen molar-refractivity contribution in [2.75, 3.05) is 4.90 Å². The van der Waals surface area contributed by atoms with Gasteiger partial charge < -0.3 is 4.90 Å². The molecule has 2 heterocycles. The fourth-order valence-electron chi connectivity index (χ4n) is 8.99. The Kier molecular flexibility index (Phi) is 9.61. The maximum Gasteiger partial charge on any atom is 0.0708 e. The molecule has 1 nitrogen and oxygen atoms in total. The highest BCUT2D eigenvalue weighted by Gasteiger charge is 2.42. The molecular weight excluding hydrogens is 663 g/mol. The number of hydrogen-bond acceptors (Lipinski definition) is 1. The van der Waals surface area contributed by atoms with Gasteiger partial charge >= 0.3 is 0 Å². The van der Waals surface area contributed by atoms with E-state index in [9.17, 15) is 0 Å². The van der Waals surface area contributed by atoms with Gasteiger partial charge in [0.2, 0.25) is 0 Å². The summed E-state index contributed by atoms with van der Waals surface area (Å²) in [4.78, 5) is 2.36. The van der Waals surface area contributed by atoms with Gasteiger partial charge in [0.25, 0.3) is 0 Å². The maximum atomic E-state index is 4.43. The van der Waals surface area contributed by atoms with E-state index in [1.807, 2.05) is 0 Å². The highest BCUT2D eigenvalue weighted by Crippen LogP contribution is 2.51. The summed E-state index contributed by atoms with van der Waals surface area (Å²) in [7, 11) is 0. The van der Waals surface area contributed by atoms with E-state index >= 15 is 0 Å². The summed E-state index contributed by atoms with van der Waals surface area (Å²) in [6, 6.07) is 47.9. The zero-order valence-corrected chi connectivity index (χ0v) is 31.5. The van der Waals surface area contributed by atoms with Crippen LogP contribution in [0, 0.1) is 0 Å². The largest absolute Gasteiger partial charge is 0.317 e. The van der Waals surface area contributed by atoms with Gasteiger partial charge in [0.1, 0.15) is 0 Å². The molecular formula is C54H47N. The first kappa shape index (κ1) is 34.6. The van der Waals surface area contributed by atoms with Gasteiger partial charge in [0.15, 0.2) is 0 Å². The second-order valence-electron chi connectivity index (χ2n) is 15.1. The van der Waals surface area contributed by atoms with E-state index in [1.165, 1.54) is 79.8 Å². The molecule has 1 heteroatoms. The number of hydrogen-bond donors (Lipinski definition) is 0. The van der Waals surface area contributed by atoms with Gasteiger partial charge in [-0.15, -0.1) is 0 Å². The Bertz CT molecular complexity index is 2460. The van der Waals surface area contributed by atoms with Crippen molar-refractivity contribution in [1.29, 1.82) is 0 Å². The molecule has 1 unspecified atom stereocenters. The average molecular weight is 710 g/mol. The van der Waals surface area contributed by atoms with Gasteiger partial charge in [0, 0.05) is 23.2 Å². The van der Waals surface area contributed by atoms with Crippen LogP contribution in [0.15, 0.2) is 200 Å². The highest BCUT2D eigenvalue weighted by molar-refractivity contribution is 5.90. The van der Waals surface area contributed by atoms with E-state index < -0.39 is 5.41 Å². The van der Waals surface area contributed by atoms with Crippen molar-refractivity contribution in [2.45, 2.75) is 50.4 Å². The molecule has 0 saturated carbocycles. The van der Waals surface area contributed by atoms with Crippen LogP contribution in [0.1, 0.15) is 89.5 Å². The molecule has 0 spiro atoms. The molecule has 10 rings (SSSR count). The summed E-state index contributed by atoms with van der Waals surface area (Å²) < 4.78 is 0. The molecule has 1 atom stereocenters. The minimum atomic E-state index is -0.575. The molecule has 0 radical (unpaired) electrons. The number of fused-ring (bicyclic) bond motifs is 2. The van der Waals surface area contributed by atoms with Gasteiger partial charge in [-0.2, -0.15) is 0 Å². The van der Waals surface area contributed by atoms with Crippen molar-refractivity contribution in [1.82, 2.24) is 0 Å². The first-order valence-electron chi connectivity index (χ1n) is 19.9. The van der Waals surface area contributed by atoms with Gasteiger partial charge in [-0.3, -0.25) is 0 Å². The third kappa shape index (κ3) is 6.66. The van der Waals surface area contributed by atoms with E-state index in [-0.39, 0.29) is 0 Å². The van der Waals surface area contributed by atoms with Crippen molar-refractivity contribution in [3.8, 4) is 0 Å². The third-order valence-corrected chi connectivity index (χ3v) is 11.7. The van der Waals surface area contributed by atoms with Crippen LogP contribution in [0.3, 0.4) is 0 Å². The van der Waals surface area contributed by atoms with E-state index in [0.717, 1.165) is 43.4 Å². The first-order valence-corrected chi connectivity index (χ1v) is 19.9. The Hall–Kier alpha value is -6.18. The second-order valence-corrected chi connectivity index (χ2v) is 15.1. The molecule has 0 aromatic heterocycles. The smallest absolute Gasteiger partial charge is 0.0708 e. The molecule has 5 aliphatic rings. The Morgan fingerprint density at radius 3 is 2.22 bits per heavy atom. The minimum absolute atomic E-state index is 0.575. The zero-order chi connectivity index (χ0) is 37.0. The average Bonchev–Trinajstić information content (AvgIpc) is 3.97. The van der Waals surface area contributed by atoms with Crippen LogP contribution in [-0.2, 0) is 5.41 Å². The van der Waals surface area contributed by atoms with Crippen LogP contribution in [0.25, 0.3) is 22.8 Å². The second kappa shape index (κ2) is 15.3. The monoisotopic (exact) mass is 709 g/mol. The summed E-state index contributed by atoms with van der Waals surface area (Å²) in [5, 5.41) is 0. The fourth-order valence-corrected chi connectivity index (χ4v) is 8.99. The topological polar surface area (TPSA) is 3.24 Å². The normalized spacial score (nSPS) is 18.9. The molecule has 55 heavy (non-hydrogen) atoms. The number of benzene rings is 5. The van der Waals surface area contributed by atoms with E-state index in [2.05, 4.69) is 200 Å². The quantitative estimate of drug-likeness (QED) is 0.138. The van der Waals surface area contributed by atoms with Gasteiger partial charge in [0.05, 0.1) is 5.41 Å². The Morgan fingerprint density at radius 2 is 1.47 bits per heavy atom. The van der Waals surface area contributed by atoms with E-state index in [0.29, 0.717) is 0 Å². The molecule has 0 fully saturated rings. The summed E-state index contributed by atoms with van der Waals surface area (Å²) in [5.41, 5.74) is 17.2. The predicted molar refractivity (Wildman–Crippen MR) is 234 cm³/mol. The molecule has 0 amide bonds. The van der Waals surface area contributed by atoms with Crippen molar-refractivity contribution in [3.05, 3.63) is 245 Å². The molecule has 2 aliphatic heterocycles. The maximum absolute atomic E-state index is 4.43. The summed E-state index contributed by atoms with van der Waals surface area (Å²) >= 11 is 0. The number of rotatable bonds is 9. The Balaban J connectivity index is 1.22. The molecule has 2 bridgehead atoms. The lowest BCUT2D eigenvalue weighted by atomic mass is 9.62. The molecule has 268 valence electrons.